The van der Waals surface area contributed by atoms with Crippen LogP contribution in [0.4, 0.5) is 16.2 Å². The Hall–Kier alpha value is -3.10. The zero-order valence-corrected chi connectivity index (χ0v) is 23.9. The van der Waals surface area contributed by atoms with Crippen LogP contribution in [0, 0.1) is 12.8 Å². The van der Waals surface area contributed by atoms with Gasteiger partial charge in [0.15, 0.2) is 0 Å². The molecule has 1 aliphatic heterocycles. The smallest absolute Gasteiger partial charge is 0.407 e. The fourth-order valence-electron chi connectivity index (χ4n) is 5.86. The lowest BCUT2D eigenvalue weighted by molar-refractivity contribution is -0.123. The fourth-order valence-corrected chi connectivity index (χ4v) is 5.86. The summed E-state index contributed by atoms with van der Waals surface area (Å²) in [6.07, 6.45) is 2.88. The Morgan fingerprint density at radius 3 is 2.54 bits per heavy atom. The number of aryl methyl sites for hydroxylation is 1. The molecule has 212 valence electrons. The first-order chi connectivity index (χ1) is 18.7. The standard InChI is InChI=1S/C31H44N4O4/c1-5-39-21-24-7-6-8-28(18-24)32-27-12-9-25(10-13-27)30(36)33(4)29-14-11-26(22(2)17-29)20-34-15-16-35(31(37)38)23(3)19-34/h6-8,11,14,17-18,23,25,27,32H,5,9-10,12-13,15-16,19-21H2,1-4H3,(H,37,38)/t23-,25?,27?/m0/s1. The van der Waals surface area contributed by atoms with Crippen LogP contribution in [0.1, 0.15) is 56.2 Å². The number of anilines is 2. The third-order valence-electron chi connectivity index (χ3n) is 8.24. The molecule has 1 atom stereocenters. The van der Waals surface area contributed by atoms with Crippen LogP contribution in [0.15, 0.2) is 42.5 Å². The van der Waals surface area contributed by atoms with E-state index in [4.69, 9.17) is 4.74 Å². The van der Waals surface area contributed by atoms with Gasteiger partial charge < -0.3 is 25.0 Å². The maximum absolute atomic E-state index is 13.4. The number of carbonyl (C=O) groups excluding carboxylic acids is 1. The minimum absolute atomic E-state index is 0.0181. The van der Waals surface area contributed by atoms with E-state index in [9.17, 15) is 14.7 Å². The van der Waals surface area contributed by atoms with E-state index in [1.165, 1.54) is 16.0 Å². The van der Waals surface area contributed by atoms with Gasteiger partial charge in [0, 0.05) is 69.2 Å². The third-order valence-corrected chi connectivity index (χ3v) is 8.24. The van der Waals surface area contributed by atoms with Crippen molar-refractivity contribution in [2.45, 2.75) is 71.7 Å². The Kier molecular flexibility index (Phi) is 9.86. The first-order valence-corrected chi connectivity index (χ1v) is 14.3. The first kappa shape index (κ1) is 28.9. The number of nitrogens with zero attached hydrogens (tertiary/aromatic N) is 3. The number of piperazine rings is 1. The van der Waals surface area contributed by atoms with E-state index in [0.29, 0.717) is 25.8 Å². The molecule has 2 fully saturated rings. The topological polar surface area (TPSA) is 85.4 Å². The molecule has 2 aromatic rings. The van der Waals surface area contributed by atoms with Crippen LogP contribution in [-0.2, 0) is 22.7 Å². The summed E-state index contributed by atoms with van der Waals surface area (Å²) in [6.45, 7) is 10.2. The molecule has 2 aromatic carbocycles. The van der Waals surface area contributed by atoms with Gasteiger partial charge in [-0.15, -0.1) is 0 Å². The van der Waals surface area contributed by atoms with E-state index < -0.39 is 6.09 Å². The van der Waals surface area contributed by atoms with Crippen LogP contribution in [0.5, 0.6) is 0 Å². The summed E-state index contributed by atoms with van der Waals surface area (Å²) in [7, 11) is 1.89. The van der Waals surface area contributed by atoms with E-state index in [1.807, 2.05) is 31.9 Å². The summed E-state index contributed by atoms with van der Waals surface area (Å²) in [5.41, 5.74) is 5.58. The third kappa shape index (κ3) is 7.51. The quantitative estimate of drug-likeness (QED) is 0.450. The summed E-state index contributed by atoms with van der Waals surface area (Å²) in [5.74, 6) is 0.238. The summed E-state index contributed by atoms with van der Waals surface area (Å²) in [6, 6.07) is 15.0. The molecule has 39 heavy (non-hydrogen) atoms. The van der Waals surface area contributed by atoms with Gasteiger partial charge in [-0.1, -0.05) is 18.2 Å². The summed E-state index contributed by atoms with van der Waals surface area (Å²) < 4.78 is 5.53. The fraction of sp³-hybridized carbons (Fsp3) is 0.548. The Balaban J connectivity index is 1.28. The van der Waals surface area contributed by atoms with E-state index in [2.05, 4.69) is 53.5 Å². The van der Waals surface area contributed by atoms with Crippen LogP contribution >= 0.6 is 0 Å². The molecule has 4 rings (SSSR count). The number of amides is 2. The Bertz CT molecular complexity index is 1130. The van der Waals surface area contributed by atoms with Gasteiger partial charge >= 0.3 is 6.09 Å². The zero-order chi connectivity index (χ0) is 27.9. The predicted molar refractivity (Wildman–Crippen MR) is 155 cm³/mol. The Labute approximate surface area is 232 Å². The van der Waals surface area contributed by atoms with Crippen molar-refractivity contribution in [1.82, 2.24) is 9.80 Å². The van der Waals surface area contributed by atoms with Gasteiger partial charge in [0.1, 0.15) is 0 Å². The second-order valence-corrected chi connectivity index (χ2v) is 11.1. The molecule has 1 heterocycles. The summed E-state index contributed by atoms with van der Waals surface area (Å²) in [4.78, 5) is 30.4. The summed E-state index contributed by atoms with van der Waals surface area (Å²) in [5, 5.41) is 13.0. The highest BCUT2D eigenvalue weighted by Crippen LogP contribution is 2.30. The number of benzene rings is 2. The highest BCUT2D eigenvalue weighted by atomic mass is 16.5. The molecular formula is C31H44N4O4. The number of ether oxygens (including phenoxy) is 1. The molecule has 0 spiro atoms. The number of carbonyl (C=O) groups is 2. The Morgan fingerprint density at radius 1 is 1.10 bits per heavy atom. The highest BCUT2D eigenvalue weighted by Gasteiger charge is 2.30. The van der Waals surface area contributed by atoms with Gasteiger partial charge in [-0.3, -0.25) is 9.69 Å². The largest absolute Gasteiger partial charge is 0.465 e. The molecule has 1 saturated heterocycles. The molecule has 0 bridgehead atoms. The number of hydrogen-bond acceptors (Lipinski definition) is 5. The lowest BCUT2D eigenvalue weighted by Gasteiger charge is -2.38. The number of nitrogens with one attached hydrogen (secondary N) is 1. The highest BCUT2D eigenvalue weighted by molar-refractivity contribution is 5.94. The van der Waals surface area contributed by atoms with E-state index >= 15 is 0 Å². The average Bonchev–Trinajstić information content (AvgIpc) is 2.92. The zero-order valence-electron chi connectivity index (χ0n) is 23.9. The molecular weight excluding hydrogens is 492 g/mol. The van der Waals surface area contributed by atoms with Gasteiger partial charge in [0.2, 0.25) is 5.91 Å². The second kappa shape index (κ2) is 13.3. The lowest BCUT2D eigenvalue weighted by atomic mass is 9.85. The van der Waals surface area contributed by atoms with Crippen LogP contribution in [-0.4, -0.2) is 72.3 Å². The van der Waals surface area contributed by atoms with Crippen molar-refractivity contribution in [2.24, 2.45) is 5.92 Å². The van der Waals surface area contributed by atoms with Crippen molar-refractivity contribution in [3.05, 3.63) is 59.2 Å². The summed E-state index contributed by atoms with van der Waals surface area (Å²) >= 11 is 0. The monoisotopic (exact) mass is 536 g/mol. The normalized spacial score (nSPS) is 21.9. The van der Waals surface area contributed by atoms with Crippen molar-refractivity contribution in [3.63, 3.8) is 0 Å². The van der Waals surface area contributed by atoms with Crippen molar-refractivity contribution in [3.8, 4) is 0 Å². The molecule has 2 aliphatic rings. The predicted octanol–water partition coefficient (Wildman–Crippen LogP) is 5.35. The maximum atomic E-state index is 13.4. The van der Waals surface area contributed by atoms with E-state index in [1.54, 1.807) is 0 Å². The Morgan fingerprint density at radius 2 is 1.87 bits per heavy atom. The molecule has 0 unspecified atom stereocenters. The second-order valence-electron chi connectivity index (χ2n) is 11.1. The lowest BCUT2D eigenvalue weighted by Crippen LogP contribution is -2.53. The van der Waals surface area contributed by atoms with Crippen LogP contribution in [0.25, 0.3) is 0 Å². The van der Waals surface area contributed by atoms with Crippen LogP contribution < -0.4 is 10.2 Å². The molecule has 2 amide bonds. The van der Waals surface area contributed by atoms with Gasteiger partial charge in [-0.2, -0.15) is 0 Å². The van der Waals surface area contributed by atoms with Gasteiger partial charge in [-0.25, -0.2) is 4.79 Å². The van der Waals surface area contributed by atoms with Gasteiger partial charge in [0.05, 0.1) is 6.61 Å². The molecule has 1 aliphatic carbocycles. The van der Waals surface area contributed by atoms with Crippen molar-refractivity contribution in [2.75, 3.05) is 43.5 Å². The molecule has 0 aromatic heterocycles. The van der Waals surface area contributed by atoms with Crippen LogP contribution in [0.3, 0.4) is 0 Å². The number of carboxylic acid groups (broad SMARTS) is 1. The molecule has 0 radical (unpaired) electrons. The molecule has 1 saturated carbocycles. The average molecular weight is 537 g/mol. The van der Waals surface area contributed by atoms with Crippen molar-refractivity contribution in [1.29, 1.82) is 0 Å². The van der Waals surface area contributed by atoms with E-state index in [0.717, 1.165) is 62.3 Å². The van der Waals surface area contributed by atoms with Crippen LogP contribution in [0.2, 0.25) is 0 Å². The van der Waals surface area contributed by atoms with Crippen molar-refractivity contribution >= 4 is 23.4 Å². The minimum atomic E-state index is -0.844. The molecule has 2 N–H and O–H groups in total. The van der Waals surface area contributed by atoms with E-state index in [-0.39, 0.29) is 17.9 Å². The van der Waals surface area contributed by atoms with Crippen molar-refractivity contribution < 1.29 is 19.4 Å². The number of hydrogen-bond donors (Lipinski definition) is 2. The first-order valence-electron chi connectivity index (χ1n) is 14.3. The van der Waals surface area contributed by atoms with Gasteiger partial charge in [0.25, 0.3) is 0 Å². The maximum Gasteiger partial charge on any atom is 0.407 e. The minimum Gasteiger partial charge on any atom is -0.465 e. The molecule has 8 nitrogen and oxygen atoms in total. The molecule has 8 heteroatoms. The van der Waals surface area contributed by atoms with Gasteiger partial charge in [-0.05, 0) is 87.4 Å². The SMILES string of the molecule is CCOCc1cccc(NC2CCC(C(=O)N(C)c3ccc(CN4CCN(C(=O)O)[C@@H](C)C4)c(C)c3)CC2)c1. The number of rotatable bonds is 9.